The molecule has 2 fully saturated rings. The van der Waals surface area contributed by atoms with Crippen molar-refractivity contribution >= 4 is 0 Å². The summed E-state index contributed by atoms with van der Waals surface area (Å²) in [7, 11) is 0. The Morgan fingerprint density at radius 3 is 2.66 bits per heavy atom. The molecule has 0 bridgehead atoms. The molecule has 1 atom stereocenters. The summed E-state index contributed by atoms with van der Waals surface area (Å²) < 4.78 is 2.13. The van der Waals surface area contributed by atoms with Crippen molar-refractivity contribution in [3.63, 3.8) is 0 Å². The lowest BCUT2D eigenvalue weighted by Crippen LogP contribution is -2.45. The van der Waals surface area contributed by atoms with Gasteiger partial charge >= 0.3 is 0 Å². The number of likely N-dealkylation sites (tertiary alicyclic amines) is 2. The Balaban J connectivity index is 1.27. The van der Waals surface area contributed by atoms with Gasteiger partial charge in [0.1, 0.15) is 0 Å². The van der Waals surface area contributed by atoms with Crippen LogP contribution < -0.4 is 0 Å². The molecule has 0 aliphatic carbocycles. The Morgan fingerprint density at radius 1 is 1.00 bits per heavy atom. The third-order valence-electron chi connectivity index (χ3n) is 6.94. The Morgan fingerprint density at radius 2 is 1.83 bits per heavy atom. The summed E-state index contributed by atoms with van der Waals surface area (Å²) in [4.78, 5) is 5.44. The molecule has 2 aliphatic rings. The highest BCUT2D eigenvalue weighted by Crippen LogP contribution is 2.39. The van der Waals surface area contributed by atoms with Gasteiger partial charge in [-0.1, -0.05) is 37.3 Å². The first-order valence-electron chi connectivity index (χ1n) is 11.7. The van der Waals surface area contributed by atoms with Crippen molar-refractivity contribution in [2.75, 3.05) is 32.7 Å². The average molecular weight is 395 g/mol. The Labute approximate surface area is 176 Å². The van der Waals surface area contributed by atoms with Gasteiger partial charge in [-0.2, -0.15) is 5.10 Å². The zero-order chi connectivity index (χ0) is 20.1. The lowest BCUT2D eigenvalue weighted by atomic mass is 9.79. The minimum absolute atomic E-state index is 0.526. The molecule has 0 amide bonds. The topological polar surface area (TPSA) is 24.3 Å². The summed E-state index contributed by atoms with van der Waals surface area (Å²) >= 11 is 0. The Bertz CT molecular complexity index is 768. The van der Waals surface area contributed by atoms with E-state index >= 15 is 0 Å². The monoisotopic (exact) mass is 394 g/mol. The summed E-state index contributed by atoms with van der Waals surface area (Å²) in [6.07, 6.45) is 10.1. The molecule has 3 heterocycles. The molecule has 158 valence electrons. The molecule has 1 aromatic carbocycles. The molecule has 1 spiro atoms. The number of rotatable bonds is 8. The maximum Gasteiger partial charge on any atom is 0.0638 e. The fourth-order valence-electron chi connectivity index (χ4n) is 5.45. The van der Waals surface area contributed by atoms with Crippen LogP contribution in [0.2, 0.25) is 0 Å². The first kappa shape index (κ1) is 20.6. The van der Waals surface area contributed by atoms with Crippen LogP contribution in [0, 0.1) is 12.3 Å². The van der Waals surface area contributed by atoms with Crippen molar-refractivity contribution in [2.24, 2.45) is 5.41 Å². The molecule has 1 unspecified atom stereocenters. The van der Waals surface area contributed by atoms with Gasteiger partial charge in [-0.3, -0.25) is 9.58 Å². The van der Waals surface area contributed by atoms with Crippen LogP contribution in [0.3, 0.4) is 0 Å². The van der Waals surface area contributed by atoms with Crippen LogP contribution in [0.5, 0.6) is 0 Å². The standard InChI is InChI=1S/C25H38N4/c1-3-14-29-19-24(22(2)26-29)18-28-17-13-25(21-28)12-8-16-27(20-25)15-7-11-23-9-5-4-6-10-23/h4-6,9-10,19H,3,7-8,11-18,20-21H2,1-2H3. The van der Waals surface area contributed by atoms with E-state index in [9.17, 15) is 0 Å². The SMILES string of the molecule is CCCn1cc(CN2CCC3(CCCN(CCCc4ccccc4)C3)C2)c(C)n1. The highest BCUT2D eigenvalue weighted by Gasteiger charge is 2.41. The third kappa shape index (κ3) is 5.29. The zero-order valence-corrected chi connectivity index (χ0v) is 18.4. The number of aryl methyl sites for hydroxylation is 3. The second kappa shape index (κ2) is 9.44. The van der Waals surface area contributed by atoms with Gasteiger partial charge in [0, 0.05) is 37.9 Å². The Hall–Kier alpha value is -1.65. The fraction of sp³-hybridized carbons (Fsp3) is 0.640. The minimum Gasteiger partial charge on any atom is -0.303 e. The van der Waals surface area contributed by atoms with Crippen LogP contribution in [-0.4, -0.2) is 52.3 Å². The largest absolute Gasteiger partial charge is 0.303 e. The summed E-state index contributed by atoms with van der Waals surface area (Å²) in [5.41, 5.74) is 4.64. The third-order valence-corrected chi connectivity index (χ3v) is 6.94. The van der Waals surface area contributed by atoms with Gasteiger partial charge in [-0.05, 0) is 76.1 Å². The van der Waals surface area contributed by atoms with Crippen LogP contribution in [0.4, 0.5) is 0 Å². The fourth-order valence-corrected chi connectivity index (χ4v) is 5.45. The van der Waals surface area contributed by atoms with Gasteiger partial charge < -0.3 is 4.90 Å². The summed E-state index contributed by atoms with van der Waals surface area (Å²) in [5.74, 6) is 0. The second-order valence-electron chi connectivity index (χ2n) is 9.43. The maximum atomic E-state index is 4.70. The lowest BCUT2D eigenvalue weighted by Gasteiger charge is -2.40. The molecule has 4 rings (SSSR count). The van der Waals surface area contributed by atoms with Gasteiger partial charge in [0.05, 0.1) is 5.69 Å². The number of nitrogens with zero attached hydrogens (tertiary/aromatic N) is 4. The van der Waals surface area contributed by atoms with E-state index in [1.807, 2.05) is 0 Å². The van der Waals surface area contributed by atoms with E-state index in [0.717, 1.165) is 19.5 Å². The summed E-state index contributed by atoms with van der Waals surface area (Å²) in [5, 5.41) is 4.70. The van der Waals surface area contributed by atoms with Gasteiger partial charge in [0.25, 0.3) is 0 Å². The molecule has 0 radical (unpaired) electrons. The normalized spacial score (nSPS) is 23.2. The van der Waals surface area contributed by atoms with E-state index in [1.54, 1.807) is 0 Å². The van der Waals surface area contributed by atoms with Gasteiger partial charge in [-0.25, -0.2) is 0 Å². The van der Waals surface area contributed by atoms with Crippen molar-refractivity contribution in [1.82, 2.24) is 19.6 Å². The number of aromatic nitrogens is 2. The molecule has 0 saturated carbocycles. The second-order valence-corrected chi connectivity index (χ2v) is 9.43. The molecule has 4 heteroatoms. The summed E-state index contributed by atoms with van der Waals surface area (Å²) in [6.45, 7) is 12.8. The van der Waals surface area contributed by atoms with Crippen molar-refractivity contribution in [3.05, 3.63) is 53.3 Å². The lowest BCUT2D eigenvalue weighted by molar-refractivity contribution is 0.0911. The molecule has 2 saturated heterocycles. The van der Waals surface area contributed by atoms with E-state index in [4.69, 9.17) is 5.10 Å². The van der Waals surface area contributed by atoms with Crippen molar-refractivity contribution in [2.45, 2.75) is 65.5 Å². The smallest absolute Gasteiger partial charge is 0.0638 e. The van der Waals surface area contributed by atoms with Gasteiger partial charge in [0.2, 0.25) is 0 Å². The number of piperidine rings is 1. The molecule has 2 aromatic rings. The van der Waals surface area contributed by atoms with E-state index in [0.29, 0.717) is 5.41 Å². The summed E-state index contributed by atoms with van der Waals surface area (Å²) in [6, 6.07) is 11.0. The van der Waals surface area contributed by atoms with E-state index in [2.05, 4.69) is 64.9 Å². The van der Waals surface area contributed by atoms with Crippen LogP contribution >= 0.6 is 0 Å². The molecular formula is C25H38N4. The predicted octanol–water partition coefficient (Wildman–Crippen LogP) is 4.52. The first-order chi connectivity index (χ1) is 14.2. The predicted molar refractivity (Wildman–Crippen MR) is 120 cm³/mol. The van der Waals surface area contributed by atoms with Gasteiger partial charge in [-0.15, -0.1) is 0 Å². The van der Waals surface area contributed by atoms with Crippen LogP contribution in [0.1, 0.15) is 55.8 Å². The zero-order valence-electron chi connectivity index (χ0n) is 18.4. The number of hydrogen-bond acceptors (Lipinski definition) is 3. The number of benzene rings is 1. The maximum absolute atomic E-state index is 4.70. The van der Waals surface area contributed by atoms with Crippen LogP contribution in [-0.2, 0) is 19.5 Å². The van der Waals surface area contributed by atoms with Crippen molar-refractivity contribution < 1.29 is 0 Å². The molecular weight excluding hydrogens is 356 g/mol. The Kier molecular flexibility index (Phi) is 6.71. The average Bonchev–Trinajstić information content (AvgIpc) is 3.26. The highest BCUT2D eigenvalue weighted by molar-refractivity contribution is 5.16. The molecule has 29 heavy (non-hydrogen) atoms. The van der Waals surface area contributed by atoms with Crippen molar-refractivity contribution in [1.29, 1.82) is 0 Å². The van der Waals surface area contributed by atoms with Crippen LogP contribution in [0.15, 0.2) is 36.5 Å². The van der Waals surface area contributed by atoms with Crippen LogP contribution in [0.25, 0.3) is 0 Å². The molecule has 0 N–H and O–H groups in total. The molecule has 1 aromatic heterocycles. The van der Waals surface area contributed by atoms with E-state index < -0.39 is 0 Å². The molecule has 2 aliphatic heterocycles. The quantitative estimate of drug-likeness (QED) is 0.658. The van der Waals surface area contributed by atoms with Gasteiger partial charge in [0.15, 0.2) is 0 Å². The van der Waals surface area contributed by atoms with Crippen molar-refractivity contribution in [3.8, 4) is 0 Å². The number of hydrogen-bond donors (Lipinski definition) is 0. The minimum atomic E-state index is 0.526. The van der Waals surface area contributed by atoms with E-state index in [-0.39, 0.29) is 0 Å². The van der Waals surface area contributed by atoms with E-state index in [1.165, 1.54) is 81.6 Å². The highest BCUT2D eigenvalue weighted by atomic mass is 15.3. The molecule has 4 nitrogen and oxygen atoms in total. The first-order valence-corrected chi connectivity index (χ1v) is 11.7.